The normalized spacial score (nSPS) is 9.38. The van der Waals surface area contributed by atoms with Gasteiger partial charge in [-0.05, 0) is 0 Å². The number of nitrogens with one attached hydrogen (secondary N) is 1. The molecule has 6 heteroatoms. The first-order chi connectivity index (χ1) is 5.70. The average molecular weight is 207 g/mol. The van der Waals surface area contributed by atoms with E-state index >= 15 is 0 Å². The van der Waals surface area contributed by atoms with Gasteiger partial charge < -0.3 is 27.7 Å². The van der Waals surface area contributed by atoms with Crippen LogP contribution in [0, 0.1) is 0 Å². The van der Waals surface area contributed by atoms with Gasteiger partial charge in [0.1, 0.15) is 0 Å². The number of hydrogen-bond donors (Lipinski definition) is 4. The summed E-state index contributed by atoms with van der Waals surface area (Å²) >= 11 is 0. The van der Waals surface area contributed by atoms with Gasteiger partial charge in [-0.2, -0.15) is 0 Å². The molecule has 0 saturated heterocycles. The van der Waals surface area contributed by atoms with Crippen LogP contribution in [0.3, 0.4) is 0 Å². The van der Waals surface area contributed by atoms with Crippen molar-refractivity contribution in [1.82, 2.24) is 0 Å². The van der Waals surface area contributed by atoms with Gasteiger partial charge in [0.2, 0.25) is 5.75 Å². The van der Waals surface area contributed by atoms with Crippen LogP contribution in [0.4, 0.5) is 5.82 Å². The van der Waals surface area contributed by atoms with Crippen LogP contribution in [-0.2, 0) is 13.2 Å². The number of anilines is 1. The van der Waals surface area contributed by atoms with Gasteiger partial charge in [-0.3, -0.25) is 5.73 Å². The van der Waals surface area contributed by atoms with Crippen LogP contribution in [0.1, 0.15) is 11.1 Å². The Balaban J connectivity index is 0.00000144. The first kappa shape index (κ1) is 12.0. The first-order valence-corrected chi connectivity index (χ1v) is 3.43. The fourth-order valence-electron chi connectivity index (χ4n) is 0.952. The SMILES string of the molecule is Nc1[nH+]cc(CO)c(CO)c1O.[Cl-]. The molecule has 0 aliphatic carbocycles. The zero-order valence-corrected chi connectivity index (χ0v) is 7.54. The maximum atomic E-state index is 9.28. The number of aromatic amines is 1. The van der Waals surface area contributed by atoms with E-state index in [4.69, 9.17) is 15.9 Å². The number of aromatic nitrogens is 1. The Morgan fingerprint density at radius 2 is 1.92 bits per heavy atom. The van der Waals surface area contributed by atoms with Crippen LogP contribution in [0.25, 0.3) is 0 Å². The van der Waals surface area contributed by atoms with E-state index in [1.165, 1.54) is 6.20 Å². The molecule has 1 heterocycles. The number of pyridine rings is 1. The van der Waals surface area contributed by atoms with Crippen LogP contribution >= 0.6 is 0 Å². The smallest absolute Gasteiger partial charge is 0.313 e. The number of halogens is 1. The highest BCUT2D eigenvalue weighted by Gasteiger charge is 2.13. The van der Waals surface area contributed by atoms with Gasteiger partial charge in [-0.1, -0.05) is 0 Å². The standard InChI is InChI=1S/C7H10N2O3.ClH/c8-7-6(12)5(3-11)4(2-10)1-9-7;/h1,10-12H,2-3H2,(H2,8,9);1H. The van der Waals surface area contributed by atoms with Crippen molar-refractivity contribution in [2.24, 2.45) is 0 Å². The first-order valence-electron chi connectivity index (χ1n) is 3.43. The Bertz CT molecular complexity index is 293. The van der Waals surface area contributed by atoms with Crippen LogP contribution in [0.5, 0.6) is 5.75 Å². The van der Waals surface area contributed by atoms with Crippen LogP contribution in [0.2, 0.25) is 0 Å². The van der Waals surface area contributed by atoms with Crippen LogP contribution < -0.4 is 23.1 Å². The number of nitrogens with two attached hydrogens (primary N) is 1. The van der Waals surface area contributed by atoms with E-state index in [1.807, 2.05) is 0 Å². The molecular formula is C7H11ClN2O3. The number of hydrogen-bond acceptors (Lipinski definition) is 4. The van der Waals surface area contributed by atoms with Crippen molar-refractivity contribution in [1.29, 1.82) is 0 Å². The third kappa shape index (κ3) is 2.21. The highest BCUT2D eigenvalue weighted by molar-refractivity contribution is 5.48. The highest BCUT2D eigenvalue weighted by atomic mass is 35.5. The molecule has 0 unspecified atom stereocenters. The van der Waals surface area contributed by atoms with E-state index in [9.17, 15) is 5.11 Å². The molecule has 74 valence electrons. The molecule has 0 bridgehead atoms. The summed E-state index contributed by atoms with van der Waals surface area (Å²) in [7, 11) is 0. The molecule has 1 aromatic heterocycles. The van der Waals surface area contributed by atoms with Crippen molar-refractivity contribution in [2.75, 3.05) is 5.73 Å². The molecule has 0 atom stereocenters. The third-order valence-electron chi connectivity index (χ3n) is 1.66. The number of aliphatic hydroxyl groups excluding tert-OH is 2. The minimum atomic E-state index is -0.347. The fraction of sp³-hybridized carbons (Fsp3) is 0.286. The van der Waals surface area contributed by atoms with Gasteiger partial charge in [0.15, 0.2) is 0 Å². The Kier molecular flexibility index (Phi) is 4.47. The molecule has 1 aromatic rings. The average Bonchev–Trinajstić information content (AvgIpc) is 2.09. The number of aromatic hydroxyl groups is 1. The predicted molar refractivity (Wildman–Crippen MR) is 40.9 cm³/mol. The minimum absolute atomic E-state index is 0. The second kappa shape index (κ2) is 4.86. The zero-order valence-electron chi connectivity index (χ0n) is 6.79. The van der Waals surface area contributed by atoms with Crippen molar-refractivity contribution >= 4 is 5.82 Å². The topological polar surface area (TPSA) is 101 Å². The van der Waals surface area contributed by atoms with E-state index in [1.54, 1.807) is 0 Å². The van der Waals surface area contributed by atoms with Gasteiger partial charge in [0.05, 0.1) is 19.4 Å². The van der Waals surface area contributed by atoms with Gasteiger partial charge >= 0.3 is 5.82 Å². The molecule has 1 rings (SSSR count). The Hall–Kier alpha value is -1.04. The molecule has 0 saturated carbocycles. The molecule has 0 aliphatic rings. The molecule has 0 aliphatic heterocycles. The second-order valence-corrected chi connectivity index (χ2v) is 2.37. The number of rotatable bonds is 2. The molecule has 13 heavy (non-hydrogen) atoms. The number of nitrogen functional groups attached to an aromatic ring is 1. The summed E-state index contributed by atoms with van der Waals surface area (Å²) in [5.41, 5.74) is 6.01. The summed E-state index contributed by atoms with van der Waals surface area (Å²) in [6.45, 7) is -0.596. The predicted octanol–water partition coefficient (Wildman–Crippen LogP) is -4.22. The molecule has 6 N–H and O–H groups in total. The monoisotopic (exact) mass is 206 g/mol. The molecule has 0 spiro atoms. The van der Waals surface area contributed by atoms with Gasteiger partial charge in [0, 0.05) is 11.1 Å². The molecule has 5 nitrogen and oxygen atoms in total. The summed E-state index contributed by atoms with van der Waals surface area (Å²) in [5.74, 6) is -0.125. The lowest BCUT2D eigenvalue weighted by Gasteiger charge is -2.04. The third-order valence-corrected chi connectivity index (χ3v) is 1.66. The van der Waals surface area contributed by atoms with Crippen molar-refractivity contribution in [3.8, 4) is 5.75 Å². The maximum Gasteiger partial charge on any atom is 0.313 e. The Morgan fingerprint density at radius 1 is 1.31 bits per heavy atom. The lowest BCUT2D eigenvalue weighted by atomic mass is 10.1. The van der Waals surface area contributed by atoms with Gasteiger partial charge in [-0.25, -0.2) is 4.98 Å². The van der Waals surface area contributed by atoms with Crippen molar-refractivity contribution in [2.45, 2.75) is 13.2 Å². The minimum Gasteiger partial charge on any atom is -1.00 e. The lowest BCUT2D eigenvalue weighted by molar-refractivity contribution is -0.362. The zero-order chi connectivity index (χ0) is 9.14. The van der Waals surface area contributed by atoms with E-state index in [-0.39, 0.29) is 42.8 Å². The number of aliphatic hydroxyl groups is 2. The van der Waals surface area contributed by atoms with Crippen molar-refractivity contribution in [3.05, 3.63) is 17.3 Å². The van der Waals surface area contributed by atoms with Gasteiger partial charge in [-0.15, -0.1) is 0 Å². The van der Waals surface area contributed by atoms with E-state index in [0.717, 1.165) is 0 Å². The second-order valence-electron chi connectivity index (χ2n) is 2.37. The van der Waals surface area contributed by atoms with E-state index < -0.39 is 0 Å². The van der Waals surface area contributed by atoms with Gasteiger partial charge in [0.25, 0.3) is 0 Å². The van der Waals surface area contributed by atoms with Crippen LogP contribution in [-0.4, -0.2) is 15.3 Å². The summed E-state index contributed by atoms with van der Waals surface area (Å²) in [6.07, 6.45) is 1.45. The molecule has 0 fully saturated rings. The Morgan fingerprint density at radius 3 is 2.38 bits per heavy atom. The maximum absolute atomic E-state index is 9.28. The largest absolute Gasteiger partial charge is 1.00 e. The quantitative estimate of drug-likeness (QED) is 0.394. The molecule has 0 aromatic carbocycles. The lowest BCUT2D eigenvalue weighted by Crippen LogP contribution is -3.00. The summed E-state index contributed by atoms with van der Waals surface area (Å²) in [6, 6.07) is 0. The van der Waals surface area contributed by atoms with E-state index in [0.29, 0.717) is 5.56 Å². The van der Waals surface area contributed by atoms with Crippen molar-refractivity contribution < 1.29 is 32.7 Å². The molecule has 0 radical (unpaired) electrons. The summed E-state index contributed by atoms with van der Waals surface area (Å²) in [5, 5.41) is 26.9. The Labute approximate surface area is 81.3 Å². The number of H-pyrrole nitrogens is 1. The van der Waals surface area contributed by atoms with E-state index in [2.05, 4.69) is 4.98 Å². The highest BCUT2D eigenvalue weighted by Crippen LogP contribution is 2.23. The summed E-state index contributed by atoms with van der Waals surface area (Å²) in [4.78, 5) is 2.55. The summed E-state index contributed by atoms with van der Waals surface area (Å²) < 4.78 is 0. The van der Waals surface area contributed by atoms with Crippen molar-refractivity contribution in [3.63, 3.8) is 0 Å². The fourth-order valence-corrected chi connectivity index (χ4v) is 0.952. The molecular weight excluding hydrogens is 196 g/mol. The molecule has 0 amide bonds. The van der Waals surface area contributed by atoms with Crippen LogP contribution in [0.15, 0.2) is 6.20 Å².